The van der Waals surface area contributed by atoms with E-state index in [2.05, 4.69) is 46.7 Å². The van der Waals surface area contributed by atoms with Crippen molar-refractivity contribution in [3.63, 3.8) is 0 Å². The van der Waals surface area contributed by atoms with E-state index in [-0.39, 0.29) is 82.6 Å². The van der Waals surface area contributed by atoms with Gasteiger partial charge in [0.05, 0.1) is 5.69 Å². The highest BCUT2D eigenvalue weighted by molar-refractivity contribution is 7.87. The number of aryl methyl sites for hydroxylation is 2. The largest absolute Gasteiger partial charge is 0.504 e. The number of hydrogen-bond donors (Lipinski definition) is 12. The van der Waals surface area contributed by atoms with E-state index < -0.39 is 95.1 Å². The number of aliphatic hydroxyl groups is 2. The van der Waals surface area contributed by atoms with Crippen molar-refractivity contribution in [2.45, 2.75) is 89.8 Å². The number of carboxylic acid groups (broad SMARTS) is 1. The van der Waals surface area contributed by atoms with Crippen LogP contribution in [0.1, 0.15) is 72.0 Å². The number of nitrogens with zero attached hydrogens (tertiary/aromatic N) is 3. The molecule has 2 heterocycles. The van der Waals surface area contributed by atoms with Crippen LogP contribution in [0.2, 0.25) is 0 Å². The first kappa shape index (κ1) is 55.9. The summed E-state index contributed by atoms with van der Waals surface area (Å²) in [7, 11) is -3.43. The molecular formula is C47H63N11O13S. The van der Waals surface area contributed by atoms with Crippen molar-refractivity contribution in [1.82, 2.24) is 35.5 Å². The summed E-state index contributed by atoms with van der Waals surface area (Å²) in [6.07, 6.45) is -2.72. The second kappa shape index (κ2) is 23.0. The van der Waals surface area contributed by atoms with Gasteiger partial charge in [-0.1, -0.05) is 45.0 Å². The summed E-state index contributed by atoms with van der Waals surface area (Å²) in [6, 6.07) is 5.76. The monoisotopic (exact) mass is 1020 g/mol. The predicted molar refractivity (Wildman–Crippen MR) is 263 cm³/mol. The Bertz CT molecular complexity index is 2800. The van der Waals surface area contributed by atoms with Gasteiger partial charge in [0.15, 0.2) is 17.3 Å². The van der Waals surface area contributed by atoms with Crippen LogP contribution in [-0.2, 0) is 41.2 Å². The topological polar surface area (TPSA) is 400 Å². The molecule has 0 spiro atoms. The Kier molecular flexibility index (Phi) is 17.9. The fourth-order valence-electron chi connectivity index (χ4n) is 7.67. The number of ether oxygens (including phenoxy) is 2. The molecule has 72 heavy (non-hydrogen) atoms. The van der Waals surface area contributed by atoms with Crippen LogP contribution in [0.15, 0.2) is 48.5 Å². The molecule has 4 bridgehead atoms. The molecule has 390 valence electrons. The maximum Gasteiger partial charge on any atom is 0.326 e. The molecule has 16 N–H and O–H groups in total. The molecule has 0 saturated heterocycles. The Hall–Kier alpha value is -7.00. The first-order valence-electron chi connectivity index (χ1n) is 22.6. The number of amides is 4. The van der Waals surface area contributed by atoms with Gasteiger partial charge in [0.25, 0.3) is 16.1 Å². The van der Waals surface area contributed by atoms with Crippen molar-refractivity contribution in [3.8, 4) is 39.8 Å². The number of aliphatic carboxylic acids is 1. The average molecular weight is 1020 g/mol. The number of hydrogen-bond acceptors (Lipinski definition) is 17. The Labute approximate surface area is 416 Å². The van der Waals surface area contributed by atoms with Gasteiger partial charge in [0.2, 0.25) is 17.7 Å². The molecule has 0 saturated carbocycles. The van der Waals surface area contributed by atoms with Crippen LogP contribution in [-0.4, -0.2) is 144 Å². The fourth-order valence-corrected chi connectivity index (χ4v) is 8.07. The molecule has 4 amide bonds. The molecule has 0 fully saturated rings. The summed E-state index contributed by atoms with van der Waals surface area (Å²) in [5.41, 5.74) is 19.9. The van der Waals surface area contributed by atoms with E-state index in [1.807, 2.05) is 29.8 Å². The highest BCUT2D eigenvalue weighted by Crippen LogP contribution is 2.45. The standard InChI is InChI=1S/C47H63N11O13S/c1-22-12-27(47(4,5)6)9-10-30(22)41-53-23(2)37(40(50)57-41)43(63)56-34(19-52-72(51,68)69)45(65)58(7)38-26-15-32(39(61)36(16-26)71-21-29(60)18-49)31-13-25(8-11-35(31)70-20-28(59)17-48)14-33(46(66)67)55-42(62)24(3)54-44(38)64/h8-13,15-16,24,28-29,33-34,38,52,59-61H,14,17-21,48-49H2,1-7H3,(H,54,64)(H,55,62)(H,56,63)(H,66,67)(H2,50,53,57)(H2,51,68,69)/t24-,28+,29+,33-,34-,38-/m0/s1. The summed E-state index contributed by atoms with van der Waals surface area (Å²) in [4.78, 5) is 79.7. The van der Waals surface area contributed by atoms with Crippen LogP contribution >= 0.6 is 0 Å². The number of nitrogen functional groups attached to an aromatic ring is 1. The zero-order valence-corrected chi connectivity index (χ0v) is 41.7. The second-order valence-electron chi connectivity index (χ2n) is 18.4. The minimum atomic E-state index is -4.55. The van der Waals surface area contributed by atoms with E-state index >= 15 is 0 Å². The van der Waals surface area contributed by atoms with Gasteiger partial charge >= 0.3 is 5.97 Å². The molecule has 4 aromatic rings. The van der Waals surface area contributed by atoms with Crippen LogP contribution in [0, 0.1) is 13.8 Å². The maximum absolute atomic E-state index is 14.9. The number of nitrogens with one attached hydrogen (secondary N) is 4. The normalized spacial score (nSPS) is 17.6. The molecule has 0 radical (unpaired) electrons. The number of carbonyl (C=O) groups excluding carboxylic acids is 4. The lowest BCUT2D eigenvalue weighted by molar-refractivity contribution is -0.143. The number of aliphatic hydroxyl groups excluding tert-OH is 2. The van der Waals surface area contributed by atoms with E-state index in [0.29, 0.717) is 11.1 Å². The second-order valence-corrected chi connectivity index (χ2v) is 19.8. The zero-order valence-electron chi connectivity index (χ0n) is 40.8. The number of carbonyl (C=O) groups is 5. The number of aromatic nitrogens is 2. The maximum atomic E-state index is 14.9. The number of phenolic OH excluding ortho intramolecular Hbond substituents is 1. The fraction of sp³-hybridized carbons (Fsp3) is 0.426. The minimum absolute atomic E-state index is 0.00528. The average Bonchev–Trinajstić information content (AvgIpc) is 3.30. The highest BCUT2D eigenvalue weighted by atomic mass is 32.2. The lowest BCUT2D eigenvalue weighted by Crippen LogP contribution is -2.57. The molecule has 1 aliphatic heterocycles. The van der Waals surface area contributed by atoms with E-state index in [4.69, 9.17) is 31.8 Å². The van der Waals surface area contributed by atoms with Crippen molar-refractivity contribution in [1.29, 1.82) is 0 Å². The summed E-state index contributed by atoms with van der Waals surface area (Å²) in [6.45, 7) is 8.61. The van der Waals surface area contributed by atoms with Gasteiger partial charge < -0.3 is 68.0 Å². The van der Waals surface area contributed by atoms with Gasteiger partial charge in [-0.15, -0.1) is 0 Å². The van der Waals surface area contributed by atoms with E-state index in [9.17, 15) is 52.8 Å². The third kappa shape index (κ3) is 13.7. The smallest absolute Gasteiger partial charge is 0.326 e. The number of likely N-dealkylation sites (N-methyl/N-ethyl adjacent to an activating group) is 1. The number of phenols is 1. The summed E-state index contributed by atoms with van der Waals surface area (Å²) >= 11 is 0. The first-order chi connectivity index (χ1) is 33.6. The predicted octanol–water partition coefficient (Wildman–Crippen LogP) is -0.869. The van der Waals surface area contributed by atoms with Crippen molar-refractivity contribution in [2.75, 3.05) is 45.6 Å². The molecular weight excluding hydrogens is 959 g/mol. The van der Waals surface area contributed by atoms with Crippen molar-refractivity contribution in [3.05, 3.63) is 82.0 Å². The van der Waals surface area contributed by atoms with Gasteiger partial charge in [-0.3, -0.25) is 19.2 Å². The molecule has 6 atom stereocenters. The molecule has 1 aromatic heterocycles. The molecule has 24 nitrogen and oxygen atoms in total. The Morgan fingerprint density at radius 2 is 1.54 bits per heavy atom. The molecule has 5 rings (SSSR count). The van der Waals surface area contributed by atoms with Crippen molar-refractivity contribution < 1.29 is 62.3 Å². The molecule has 0 aliphatic carbocycles. The van der Waals surface area contributed by atoms with Crippen LogP contribution in [0.25, 0.3) is 22.5 Å². The number of fused-ring (bicyclic) bond motifs is 5. The van der Waals surface area contributed by atoms with E-state index in [0.717, 1.165) is 29.1 Å². The summed E-state index contributed by atoms with van der Waals surface area (Å²) in [5, 5.41) is 55.4. The summed E-state index contributed by atoms with van der Waals surface area (Å²) < 4.78 is 38.3. The Morgan fingerprint density at radius 1 is 0.903 bits per heavy atom. The molecule has 0 unspecified atom stereocenters. The lowest BCUT2D eigenvalue weighted by Gasteiger charge is -2.33. The summed E-state index contributed by atoms with van der Waals surface area (Å²) in [5.74, 6) is -6.67. The molecule has 25 heteroatoms. The number of nitrogens with two attached hydrogens (primary N) is 4. The number of benzene rings is 3. The number of aromatic hydroxyl groups is 1. The van der Waals surface area contributed by atoms with Gasteiger partial charge in [0.1, 0.15) is 66.7 Å². The number of anilines is 1. The van der Waals surface area contributed by atoms with Crippen LogP contribution in [0.4, 0.5) is 5.82 Å². The zero-order chi connectivity index (χ0) is 53.6. The van der Waals surface area contributed by atoms with Crippen LogP contribution in [0.3, 0.4) is 0 Å². The third-order valence-electron chi connectivity index (χ3n) is 11.7. The van der Waals surface area contributed by atoms with Gasteiger partial charge in [0, 0.05) is 49.8 Å². The van der Waals surface area contributed by atoms with Gasteiger partial charge in [-0.25, -0.2) is 19.9 Å². The SMILES string of the molecule is Cc1cc(C(C)(C)C)ccc1-c1nc(C)c(C(=O)N[C@@H](CNS(N)(=O)=O)C(=O)N(C)[C@@H]2C(=O)N[C@@H](C)C(=O)N[C@H](C(=O)O)Cc3ccc(OC[C@H](O)CN)c(c3)-c3cc2cc(OC[C@H](O)CN)c3O)c(N)n1. The van der Waals surface area contributed by atoms with E-state index in [1.54, 1.807) is 0 Å². The Balaban J connectivity index is 1.67. The lowest BCUT2D eigenvalue weighted by atomic mass is 9.85. The number of rotatable bonds is 17. The highest BCUT2D eigenvalue weighted by Gasteiger charge is 2.38. The quantitative estimate of drug-likeness (QED) is 0.0612. The molecule has 3 aromatic carbocycles. The van der Waals surface area contributed by atoms with Crippen LogP contribution < -0.4 is 52.5 Å². The van der Waals surface area contributed by atoms with Gasteiger partial charge in [-0.05, 0) is 72.7 Å². The minimum Gasteiger partial charge on any atom is -0.504 e. The third-order valence-corrected chi connectivity index (χ3v) is 12.3. The van der Waals surface area contributed by atoms with Crippen molar-refractivity contribution in [2.24, 2.45) is 16.6 Å². The van der Waals surface area contributed by atoms with E-state index in [1.165, 1.54) is 38.1 Å². The first-order valence-corrected chi connectivity index (χ1v) is 24.1. The van der Waals surface area contributed by atoms with Crippen molar-refractivity contribution >= 4 is 45.6 Å². The number of carboxylic acids is 1. The Morgan fingerprint density at radius 3 is 2.11 bits per heavy atom. The molecule has 1 aliphatic rings. The van der Waals surface area contributed by atoms with Gasteiger partial charge in [-0.2, -0.15) is 13.1 Å². The van der Waals surface area contributed by atoms with Crippen LogP contribution in [0.5, 0.6) is 17.2 Å².